The summed E-state index contributed by atoms with van der Waals surface area (Å²) in [4.78, 5) is 18.1. The summed E-state index contributed by atoms with van der Waals surface area (Å²) in [6.07, 6.45) is 4.13. The number of guanidine groups is 1. The number of nitrogens with zero attached hydrogens (tertiary/aromatic N) is 2. The lowest BCUT2D eigenvalue weighted by atomic mass is 9.96. The zero-order chi connectivity index (χ0) is 20.1. The van der Waals surface area contributed by atoms with Crippen molar-refractivity contribution in [1.82, 2.24) is 15.5 Å². The van der Waals surface area contributed by atoms with Crippen LogP contribution < -0.4 is 10.6 Å². The summed E-state index contributed by atoms with van der Waals surface area (Å²) in [7, 11) is 1.81. The summed E-state index contributed by atoms with van der Waals surface area (Å²) >= 11 is 0. The number of hydrogen-bond acceptors (Lipinski definition) is 2. The van der Waals surface area contributed by atoms with Crippen LogP contribution in [0.1, 0.15) is 42.4 Å². The average molecular weight is 391 g/mol. The van der Waals surface area contributed by atoms with E-state index in [1.165, 1.54) is 29.5 Å². The minimum Gasteiger partial charge on any atom is -0.356 e. The minimum atomic E-state index is 0.257. The van der Waals surface area contributed by atoms with Crippen molar-refractivity contribution in [1.29, 1.82) is 0 Å². The zero-order valence-electron chi connectivity index (χ0n) is 17.2. The van der Waals surface area contributed by atoms with Crippen LogP contribution in [0, 0.1) is 0 Å². The van der Waals surface area contributed by atoms with E-state index in [0.29, 0.717) is 6.42 Å². The number of likely N-dealkylation sites (tertiary alicyclic amines) is 1. The second kappa shape index (κ2) is 8.68. The van der Waals surface area contributed by atoms with Crippen LogP contribution in [0.25, 0.3) is 0 Å². The predicted octanol–water partition coefficient (Wildman–Crippen LogP) is 3.21. The third kappa shape index (κ3) is 4.78. The van der Waals surface area contributed by atoms with E-state index in [1.807, 2.05) is 11.9 Å². The van der Waals surface area contributed by atoms with E-state index in [9.17, 15) is 4.79 Å². The highest BCUT2D eigenvalue weighted by Crippen LogP contribution is 2.47. The average Bonchev–Trinajstić information content (AvgIpc) is 3.46. The van der Waals surface area contributed by atoms with Crippen molar-refractivity contribution in [2.24, 2.45) is 4.99 Å². The molecule has 0 bridgehead atoms. The molecule has 2 aliphatic rings. The maximum absolute atomic E-state index is 11.8. The SMILES string of the molecule is CN=C(NCc1ccc(CN2CCCC2=O)cc1)NCC1(c2ccccc2)CC1. The first-order valence-corrected chi connectivity index (χ1v) is 10.5. The molecular weight excluding hydrogens is 360 g/mol. The van der Waals surface area contributed by atoms with Crippen LogP contribution in [0.15, 0.2) is 59.6 Å². The van der Waals surface area contributed by atoms with Crippen molar-refractivity contribution in [3.05, 3.63) is 71.3 Å². The Hall–Kier alpha value is -2.82. The van der Waals surface area contributed by atoms with Gasteiger partial charge in [-0.05, 0) is 36.0 Å². The minimum absolute atomic E-state index is 0.257. The van der Waals surface area contributed by atoms with Gasteiger partial charge < -0.3 is 15.5 Å². The first-order valence-electron chi connectivity index (χ1n) is 10.5. The van der Waals surface area contributed by atoms with Crippen molar-refractivity contribution < 1.29 is 4.79 Å². The number of benzene rings is 2. The molecule has 0 spiro atoms. The first kappa shape index (κ1) is 19.5. The van der Waals surface area contributed by atoms with Gasteiger partial charge in [0.15, 0.2) is 5.96 Å². The Labute approximate surface area is 173 Å². The van der Waals surface area contributed by atoms with Gasteiger partial charge in [0, 0.05) is 45.1 Å². The second-order valence-corrected chi connectivity index (χ2v) is 8.16. The summed E-state index contributed by atoms with van der Waals surface area (Å²) in [5.41, 5.74) is 4.06. The Balaban J connectivity index is 1.26. The lowest BCUT2D eigenvalue weighted by Crippen LogP contribution is -2.40. The van der Waals surface area contributed by atoms with Crippen LogP contribution in [-0.2, 0) is 23.3 Å². The van der Waals surface area contributed by atoms with Gasteiger partial charge in [0.05, 0.1) is 0 Å². The van der Waals surface area contributed by atoms with Crippen LogP contribution in [-0.4, -0.2) is 36.9 Å². The van der Waals surface area contributed by atoms with E-state index in [4.69, 9.17) is 0 Å². The molecule has 0 aromatic heterocycles. The van der Waals surface area contributed by atoms with Gasteiger partial charge in [0.25, 0.3) is 0 Å². The van der Waals surface area contributed by atoms with E-state index >= 15 is 0 Å². The fourth-order valence-electron chi connectivity index (χ4n) is 4.02. The predicted molar refractivity (Wildman–Crippen MR) is 117 cm³/mol. The molecule has 1 saturated heterocycles. The van der Waals surface area contributed by atoms with E-state index in [2.05, 4.69) is 70.2 Å². The number of nitrogens with one attached hydrogen (secondary N) is 2. The molecule has 4 rings (SSSR count). The molecule has 5 heteroatoms. The normalized spacial score (nSPS) is 18.0. The number of hydrogen-bond donors (Lipinski definition) is 2. The standard InChI is InChI=1S/C24H30N4O/c1-25-23(27-18-24(13-14-24)21-6-3-2-4-7-21)26-16-19-9-11-20(12-10-19)17-28-15-5-8-22(28)29/h2-4,6-7,9-12H,5,8,13-18H2,1H3,(H2,25,26,27). The third-order valence-electron chi connectivity index (χ3n) is 6.09. The van der Waals surface area contributed by atoms with Crippen molar-refractivity contribution in [2.45, 2.75) is 44.2 Å². The third-order valence-corrected chi connectivity index (χ3v) is 6.09. The fourth-order valence-corrected chi connectivity index (χ4v) is 4.02. The van der Waals surface area contributed by atoms with Crippen molar-refractivity contribution in [2.75, 3.05) is 20.1 Å². The van der Waals surface area contributed by atoms with Crippen molar-refractivity contribution in [3.8, 4) is 0 Å². The van der Waals surface area contributed by atoms with Crippen molar-refractivity contribution >= 4 is 11.9 Å². The first-order chi connectivity index (χ1) is 14.2. The summed E-state index contributed by atoms with van der Waals surface area (Å²) in [5, 5.41) is 6.91. The smallest absolute Gasteiger partial charge is 0.222 e. The van der Waals surface area contributed by atoms with Crippen molar-refractivity contribution in [3.63, 3.8) is 0 Å². The van der Waals surface area contributed by atoms with E-state index in [-0.39, 0.29) is 11.3 Å². The van der Waals surface area contributed by atoms with E-state index in [0.717, 1.165) is 38.6 Å². The fraction of sp³-hybridized carbons (Fsp3) is 0.417. The highest BCUT2D eigenvalue weighted by Gasteiger charge is 2.43. The summed E-state index contributed by atoms with van der Waals surface area (Å²) in [5.74, 6) is 1.11. The Bertz CT molecular complexity index is 856. The topological polar surface area (TPSA) is 56.7 Å². The highest BCUT2D eigenvalue weighted by atomic mass is 16.2. The molecule has 2 fully saturated rings. The molecule has 1 heterocycles. The summed E-state index contributed by atoms with van der Waals surface area (Å²) < 4.78 is 0. The number of carbonyl (C=O) groups is 1. The molecule has 2 aromatic carbocycles. The van der Waals surface area contributed by atoms with Crippen LogP contribution in [0.4, 0.5) is 0 Å². The molecule has 0 atom stereocenters. The molecule has 1 saturated carbocycles. The number of amides is 1. The molecule has 1 amide bonds. The Morgan fingerprint density at radius 3 is 2.38 bits per heavy atom. The molecular formula is C24H30N4O. The molecule has 5 nitrogen and oxygen atoms in total. The number of rotatable bonds is 7. The van der Waals surface area contributed by atoms with E-state index < -0.39 is 0 Å². The largest absolute Gasteiger partial charge is 0.356 e. The van der Waals surface area contributed by atoms with Crippen LogP contribution in [0.3, 0.4) is 0 Å². The molecule has 0 radical (unpaired) electrons. The van der Waals surface area contributed by atoms with Gasteiger partial charge in [0.2, 0.25) is 5.91 Å². The quantitative estimate of drug-likeness (QED) is 0.564. The number of carbonyl (C=O) groups excluding carboxylic acids is 1. The molecule has 29 heavy (non-hydrogen) atoms. The summed E-state index contributed by atoms with van der Waals surface area (Å²) in [6, 6.07) is 19.2. The van der Waals surface area contributed by atoms with Crippen LogP contribution >= 0.6 is 0 Å². The van der Waals surface area contributed by atoms with Gasteiger partial charge in [-0.15, -0.1) is 0 Å². The van der Waals surface area contributed by atoms with Gasteiger partial charge >= 0.3 is 0 Å². The lowest BCUT2D eigenvalue weighted by Gasteiger charge is -2.19. The molecule has 2 N–H and O–H groups in total. The van der Waals surface area contributed by atoms with Gasteiger partial charge in [-0.3, -0.25) is 9.79 Å². The Kier molecular flexibility index (Phi) is 5.84. The summed E-state index contributed by atoms with van der Waals surface area (Å²) in [6.45, 7) is 3.23. The van der Waals surface area contributed by atoms with Gasteiger partial charge in [-0.2, -0.15) is 0 Å². The van der Waals surface area contributed by atoms with E-state index in [1.54, 1.807) is 0 Å². The molecule has 0 unspecified atom stereocenters. The monoisotopic (exact) mass is 390 g/mol. The van der Waals surface area contributed by atoms with Gasteiger partial charge in [-0.25, -0.2) is 0 Å². The Morgan fingerprint density at radius 1 is 1.03 bits per heavy atom. The van der Waals surface area contributed by atoms with Gasteiger partial charge in [-0.1, -0.05) is 54.6 Å². The molecule has 1 aliphatic heterocycles. The highest BCUT2D eigenvalue weighted by molar-refractivity contribution is 5.80. The molecule has 2 aromatic rings. The molecule has 1 aliphatic carbocycles. The van der Waals surface area contributed by atoms with Gasteiger partial charge in [0.1, 0.15) is 0 Å². The zero-order valence-corrected chi connectivity index (χ0v) is 17.2. The lowest BCUT2D eigenvalue weighted by molar-refractivity contribution is -0.128. The molecule has 152 valence electrons. The second-order valence-electron chi connectivity index (χ2n) is 8.16. The Morgan fingerprint density at radius 2 is 1.76 bits per heavy atom. The maximum Gasteiger partial charge on any atom is 0.222 e. The number of aliphatic imine (C=N–C) groups is 1. The van der Waals surface area contributed by atoms with Crippen LogP contribution in [0.2, 0.25) is 0 Å². The maximum atomic E-state index is 11.8. The van der Waals surface area contributed by atoms with Crippen LogP contribution in [0.5, 0.6) is 0 Å².